The molecule has 0 heterocycles. The van der Waals surface area contributed by atoms with Crippen LogP contribution in [0.2, 0.25) is 0 Å². The maximum absolute atomic E-state index is 12.9. The molecule has 398 valence electrons. The fourth-order valence-corrected chi connectivity index (χ4v) is 9.46. The van der Waals surface area contributed by atoms with Crippen LogP contribution >= 0.6 is 0 Å². The molecule has 0 bridgehead atoms. The fourth-order valence-electron chi connectivity index (χ4n) is 9.46. The maximum atomic E-state index is 12.9. The van der Waals surface area contributed by atoms with Gasteiger partial charge in [-0.3, -0.25) is 14.4 Å². The lowest BCUT2D eigenvalue weighted by Gasteiger charge is -2.18. The van der Waals surface area contributed by atoms with Gasteiger partial charge in [0.25, 0.3) is 0 Å². The lowest BCUT2D eigenvalue weighted by molar-refractivity contribution is -0.167. The van der Waals surface area contributed by atoms with Gasteiger partial charge in [-0.15, -0.1) is 0 Å². The van der Waals surface area contributed by atoms with Crippen LogP contribution in [0.1, 0.15) is 349 Å². The van der Waals surface area contributed by atoms with Gasteiger partial charge < -0.3 is 14.2 Å². The fraction of sp³-hybridized carbons (Fsp3) is 0.951. The summed E-state index contributed by atoms with van der Waals surface area (Å²) in [6, 6.07) is 0. The molecule has 0 aromatic rings. The van der Waals surface area contributed by atoms with Gasteiger partial charge in [-0.2, -0.15) is 0 Å². The summed E-state index contributed by atoms with van der Waals surface area (Å²) in [6.45, 7) is 9.08. The van der Waals surface area contributed by atoms with Gasteiger partial charge in [-0.1, -0.05) is 310 Å². The summed E-state index contributed by atoms with van der Waals surface area (Å²) in [5.41, 5.74) is 0. The van der Waals surface area contributed by atoms with Crippen LogP contribution < -0.4 is 0 Å². The van der Waals surface area contributed by atoms with Gasteiger partial charge in [-0.05, 0) is 25.2 Å². The zero-order valence-corrected chi connectivity index (χ0v) is 45.9. The molecule has 0 spiro atoms. The molecule has 1 atom stereocenters. The number of carbonyl (C=O) groups is 3. The van der Waals surface area contributed by atoms with Gasteiger partial charge in [0, 0.05) is 19.3 Å². The summed E-state index contributed by atoms with van der Waals surface area (Å²) in [7, 11) is 0. The third kappa shape index (κ3) is 55.2. The van der Waals surface area contributed by atoms with Crippen molar-refractivity contribution in [3.63, 3.8) is 0 Å². The predicted octanol–water partition coefficient (Wildman–Crippen LogP) is 20.2. The zero-order valence-electron chi connectivity index (χ0n) is 45.9. The lowest BCUT2D eigenvalue weighted by Crippen LogP contribution is -2.30. The Morgan fingerprint density at radius 1 is 0.284 bits per heavy atom. The van der Waals surface area contributed by atoms with Crippen molar-refractivity contribution >= 4 is 17.9 Å². The highest BCUT2D eigenvalue weighted by molar-refractivity contribution is 5.71. The number of ether oxygens (including phenoxy) is 3. The highest BCUT2D eigenvalue weighted by Crippen LogP contribution is 2.18. The van der Waals surface area contributed by atoms with Crippen LogP contribution in [0.5, 0.6) is 0 Å². The number of unbranched alkanes of at least 4 members (excludes halogenated alkanes) is 43. The van der Waals surface area contributed by atoms with E-state index in [4.69, 9.17) is 14.2 Å². The molecule has 0 aromatic heterocycles. The summed E-state index contributed by atoms with van der Waals surface area (Å²) in [4.78, 5) is 38.2. The van der Waals surface area contributed by atoms with Gasteiger partial charge >= 0.3 is 17.9 Å². The number of hydrogen-bond donors (Lipinski definition) is 0. The molecule has 6 heteroatoms. The van der Waals surface area contributed by atoms with Crippen molar-refractivity contribution in [3.05, 3.63) is 0 Å². The second-order valence-corrected chi connectivity index (χ2v) is 21.5. The standard InChI is InChI=1S/C61H118O6/c1-5-7-9-11-13-15-17-19-21-22-23-25-29-33-37-41-45-49-53-60(63)66-56-58(55-65-59(62)52-48-44-40-36-32-28-24-20-18-16-14-12-10-8-6-2)67-61(64)54-50-46-42-38-34-30-26-27-31-35-39-43-47-51-57(3)4/h57-58H,5-56H2,1-4H3/t58-/m1/s1. The minimum atomic E-state index is -0.762. The number of rotatable bonds is 56. The molecule has 6 nitrogen and oxygen atoms in total. The van der Waals surface area contributed by atoms with E-state index in [1.807, 2.05) is 0 Å². The molecule has 0 radical (unpaired) electrons. The van der Waals surface area contributed by atoms with Crippen LogP contribution in [0.3, 0.4) is 0 Å². The average Bonchev–Trinajstić information content (AvgIpc) is 3.31. The van der Waals surface area contributed by atoms with Crippen molar-refractivity contribution in [2.45, 2.75) is 355 Å². The molecule has 0 saturated heterocycles. The summed E-state index contributed by atoms with van der Waals surface area (Å²) in [5, 5.41) is 0. The van der Waals surface area contributed by atoms with Crippen molar-refractivity contribution in [2.24, 2.45) is 5.92 Å². The smallest absolute Gasteiger partial charge is 0.306 e. The average molecular weight is 948 g/mol. The molecule has 0 fully saturated rings. The van der Waals surface area contributed by atoms with Crippen molar-refractivity contribution in [1.29, 1.82) is 0 Å². The lowest BCUT2D eigenvalue weighted by atomic mass is 10.0. The summed E-state index contributed by atoms with van der Waals surface area (Å²) >= 11 is 0. The summed E-state index contributed by atoms with van der Waals surface area (Å²) in [5.74, 6) is 0.00686. The molecule has 67 heavy (non-hydrogen) atoms. The van der Waals surface area contributed by atoms with Gasteiger partial charge in [0.05, 0.1) is 0 Å². The van der Waals surface area contributed by atoms with E-state index in [0.29, 0.717) is 19.3 Å². The molecule has 0 aliphatic carbocycles. The number of hydrogen-bond acceptors (Lipinski definition) is 6. The molecular weight excluding hydrogens is 829 g/mol. The van der Waals surface area contributed by atoms with E-state index in [2.05, 4.69) is 27.7 Å². The Hall–Kier alpha value is -1.59. The van der Waals surface area contributed by atoms with Crippen molar-refractivity contribution in [2.75, 3.05) is 13.2 Å². The number of carbonyl (C=O) groups excluding carboxylic acids is 3. The van der Waals surface area contributed by atoms with Crippen LogP contribution in [-0.2, 0) is 28.6 Å². The first-order chi connectivity index (χ1) is 32.9. The van der Waals surface area contributed by atoms with E-state index >= 15 is 0 Å². The number of esters is 3. The third-order valence-corrected chi connectivity index (χ3v) is 14.0. The van der Waals surface area contributed by atoms with Gasteiger partial charge in [0.1, 0.15) is 13.2 Å². The quantitative estimate of drug-likeness (QED) is 0.0343. The van der Waals surface area contributed by atoms with Crippen LogP contribution in [0.25, 0.3) is 0 Å². The van der Waals surface area contributed by atoms with Crippen LogP contribution in [0.15, 0.2) is 0 Å². The van der Waals surface area contributed by atoms with Crippen LogP contribution in [0.4, 0.5) is 0 Å². The van der Waals surface area contributed by atoms with Gasteiger partial charge in [-0.25, -0.2) is 0 Å². The molecule has 0 saturated carbocycles. The first-order valence-electron chi connectivity index (χ1n) is 30.4. The second kappa shape index (κ2) is 55.3. The Morgan fingerprint density at radius 2 is 0.493 bits per heavy atom. The molecule has 0 aliphatic rings. The molecule has 0 aliphatic heterocycles. The monoisotopic (exact) mass is 947 g/mol. The Balaban J connectivity index is 4.29. The minimum Gasteiger partial charge on any atom is -0.462 e. The van der Waals surface area contributed by atoms with E-state index in [1.165, 1.54) is 244 Å². The van der Waals surface area contributed by atoms with E-state index in [9.17, 15) is 14.4 Å². The topological polar surface area (TPSA) is 78.9 Å². The molecule has 0 unspecified atom stereocenters. The first kappa shape index (κ1) is 65.4. The van der Waals surface area contributed by atoms with E-state index in [-0.39, 0.29) is 31.1 Å². The maximum Gasteiger partial charge on any atom is 0.306 e. The molecule has 0 rings (SSSR count). The normalized spacial score (nSPS) is 12.0. The van der Waals surface area contributed by atoms with Crippen LogP contribution in [-0.4, -0.2) is 37.2 Å². The first-order valence-corrected chi connectivity index (χ1v) is 30.4. The largest absolute Gasteiger partial charge is 0.462 e. The molecule has 0 aromatic carbocycles. The van der Waals surface area contributed by atoms with E-state index in [0.717, 1.165) is 63.7 Å². The Morgan fingerprint density at radius 3 is 0.731 bits per heavy atom. The summed E-state index contributed by atoms with van der Waals surface area (Å²) in [6.07, 6.45) is 60.9. The molecular formula is C61H118O6. The highest BCUT2D eigenvalue weighted by Gasteiger charge is 2.19. The Kier molecular flexibility index (Phi) is 54.0. The highest BCUT2D eigenvalue weighted by atomic mass is 16.6. The SMILES string of the molecule is CCCCCCCCCCCCCCCCCCCCC(=O)OC[C@@H](COC(=O)CCCCCCCCCCCCCCCCC)OC(=O)CCCCCCCCCCCCCCCC(C)C. The summed E-state index contributed by atoms with van der Waals surface area (Å²) < 4.78 is 16.9. The minimum absolute atomic E-state index is 0.0615. The van der Waals surface area contributed by atoms with Crippen molar-refractivity contribution in [1.82, 2.24) is 0 Å². The second-order valence-electron chi connectivity index (χ2n) is 21.5. The van der Waals surface area contributed by atoms with Crippen molar-refractivity contribution in [3.8, 4) is 0 Å². The predicted molar refractivity (Wildman–Crippen MR) is 289 cm³/mol. The molecule has 0 amide bonds. The van der Waals surface area contributed by atoms with E-state index in [1.54, 1.807) is 0 Å². The van der Waals surface area contributed by atoms with Gasteiger partial charge in [0.15, 0.2) is 6.10 Å². The zero-order chi connectivity index (χ0) is 48.8. The van der Waals surface area contributed by atoms with Crippen LogP contribution in [0, 0.1) is 5.92 Å². The third-order valence-electron chi connectivity index (χ3n) is 14.0. The molecule has 0 N–H and O–H groups in total. The Labute approximate surface area is 418 Å². The Bertz CT molecular complexity index is 1010. The van der Waals surface area contributed by atoms with Crippen molar-refractivity contribution < 1.29 is 28.6 Å². The van der Waals surface area contributed by atoms with Gasteiger partial charge in [0.2, 0.25) is 0 Å². The van der Waals surface area contributed by atoms with E-state index < -0.39 is 6.10 Å².